The summed E-state index contributed by atoms with van der Waals surface area (Å²) in [6.07, 6.45) is 3.91. The predicted molar refractivity (Wildman–Crippen MR) is 57.4 cm³/mol. The molecule has 0 bridgehead atoms. The highest BCUT2D eigenvalue weighted by Gasteiger charge is 2.03. The van der Waals surface area contributed by atoms with Crippen LogP contribution in [0.2, 0.25) is 0 Å². The first-order valence-electron chi connectivity index (χ1n) is 4.87. The van der Waals surface area contributed by atoms with E-state index in [2.05, 4.69) is 31.2 Å². The van der Waals surface area contributed by atoms with Crippen molar-refractivity contribution in [3.63, 3.8) is 0 Å². The number of hydrogen-bond acceptors (Lipinski definition) is 1. The maximum Gasteiger partial charge on any atom is 0.139 e. The van der Waals surface area contributed by atoms with Gasteiger partial charge >= 0.3 is 0 Å². The summed E-state index contributed by atoms with van der Waals surface area (Å²) in [6.45, 7) is 2.58. The third kappa shape index (κ3) is 1.33. The molecule has 14 heavy (non-hydrogen) atoms. The number of para-hydroxylation sites is 1. The van der Waals surface area contributed by atoms with E-state index in [0.717, 1.165) is 12.7 Å². The predicted octanol–water partition coefficient (Wildman–Crippen LogP) is 2.40. The molecule has 0 saturated carbocycles. The normalized spacial score (nSPS) is 10.6. The second-order valence-electron chi connectivity index (χ2n) is 3.34. The smallest absolute Gasteiger partial charge is 0.139 e. The van der Waals surface area contributed by atoms with Gasteiger partial charge < -0.3 is 9.36 Å². The molecular formula is C12H13NO. The van der Waals surface area contributed by atoms with Crippen LogP contribution in [0.4, 0.5) is 0 Å². The van der Waals surface area contributed by atoms with Crippen LogP contribution in [-0.2, 0) is 17.8 Å². The molecule has 0 fully saturated rings. The Morgan fingerprint density at radius 1 is 1.36 bits per heavy atom. The van der Waals surface area contributed by atoms with E-state index in [0.29, 0.717) is 6.54 Å². The molecule has 0 aliphatic carbocycles. The lowest BCUT2D eigenvalue weighted by Gasteiger charge is -2.04. The zero-order valence-electron chi connectivity index (χ0n) is 8.23. The van der Waals surface area contributed by atoms with Crippen molar-refractivity contribution >= 4 is 17.2 Å². The number of aryl methyl sites for hydroxylation is 1. The molecule has 0 amide bonds. The molecule has 0 spiro atoms. The third-order valence-electron chi connectivity index (χ3n) is 2.52. The van der Waals surface area contributed by atoms with Crippen LogP contribution >= 0.6 is 0 Å². The van der Waals surface area contributed by atoms with Gasteiger partial charge in [-0.25, -0.2) is 0 Å². The fourth-order valence-electron chi connectivity index (χ4n) is 1.86. The van der Waals surface area contributed by atoms with Gasteiger partial charge in [0.05, 0.1) is 12.1 Å². The SMILES string of the molecule is CCc1cccc2ccn(CC=O)c12. The molecule has 72 valence electrons. The fraction of sp³-hybridized carbons (Fsp3) is 0.250. The highest BCUT2D eigenvalue weighted by molar-refractivity contribution is 5.84. The van der Waals surface area contributed by atoms with E-state index in [1.165, 1.54) is 16.5 Å². The fourth-order valence-corrected chi connectivity index (χ4v) is 1.86. The summed E-state index contributed by atoms with van der Waals surface area (Å²) in [5.74, 6) is 0. The average Bonchev–Trinajstić information content (AvgIpc) is 2.62. The van der Waals surface area contributed by atoms with Crippen LogP contribution in [0, 0.1) is 0 Å². The van der Waals surface area contributed by atoms with Crippen molar-refractivity contribution in [3.8, 4) is 0 Å². The van der Waals surface area contributed by atoms with Gasteiger partial charge in [0.15, 0.2) is 0 Å². The van der Waals surface area contributed by atoms with Crippen LogP contribution in [0.1, 0.15) is 12.5 Å². The topological polar surface area (TPSA) is 22.0 Å². The largest absolute Gasteiger partial charge is 0.340 e. The Bertz CT molecular complexity index is 456. The van der Waals surface area contributed by atoms with Gasteiger partial charge in [0.25, 0.3) is 0 Å². The molecular weight excluding hydrogens is 174 g/mol. The van der Waals surface area contributed by atoms with Gasteiger partial charge in [-0.05, 0) is 23.4 Å². The molecule has 1 aromatic heterocycles. The van der Waals surface area contributed by atoms with Crippen LogP contribution in [0.25, 0.3) is 10.9 Å². The second-order valence-corrected chi connectivity index (χ2v) is 3.34. The lowest BCUT2D eigenvalue weighted by atomic mass is 10.1. The third-order valence-corrected chi connectivity index (χ3v) is 2.52. The molecule has 0 aliphatic rings. The number of fused-ring (bicyclic) bond motifs is 1. The van der Waals surface area contributed by atoms with E-state index in [-0.39, 0.29) is 0 Å². The standard InChI is InChI=1S/C12H13NO/c1-2-10-4-3-5-11-6-7-13(8-9-14)12(10)11/h3-7,9H,2,8H2,1H3. The number of aldehydes is 1. The molecule has 1 aromatic carbocycles. The number of nitrogens with zero attached hydrogens (tertiary/aromatic N) is 1. The van der Waals surface area contributed by atoms with Crippen LogP contribution in [0.3, 0.4) is 0 Å². The molecule has 0 atom stereocenters. The summed E-state index contributed by atoms with van der Waals surface area (Å²) < 4.78 is 2.00. The van der Waals surface area contributed by atoms with Crippen molar-refractivity contribution in [1.29, 1.82) is 0 Å². The molecule has 2 nitrogen and oxygen atoms in total. The molecule has 0 unspecified atom stereocenters. The summed E-state index contributed by atoms with van der Waals surface area (Å²) in [5, 5.41) is 1.21. The molecule has 2 heteroatoms. The van der Waals surface area contributed by atoms with Crippen molar-refractivity contribution in [2.45, 2.75) is 19.9 Å². The Kier molecular flexibility index (Phi) is 2.35. The Hall–Kier alpha value is -1.57. The first kappa shape index (κ1) is 9.00. The second kappa shape index (κ2) is 3.66. The van der Waals surface area contributed by atoms with Crippen LogP contribution in [-0.4, -0.2) is 10.9 Å². The van der Waals surface area contributed by atoms with Gasteiger partial charge in [-0.3, -0.25) is 0 Å². The zero-order chi connectivity index (χ0) is 9.97. The van der Waals surface area contributed by atoms with E-state index < -0.39 is 0 Å². The molecule has 0 N–H and O–H groups in total. The number of rotatable bonds is 3. The van der Waals surface area contributed by atoms with Crippen LogP contribution in [0.15, 0.2) is 30.5 Å². The van der Waals surface area contributed by atoms with Crippen LogP contribution < -0.4 is 0 Å². The van der Waals surface area contributed by atoms with Gasteiger partial charge in [0, 0.05) is 6.20 Å². The average molecular weight is 187 g/mol. The Morgan fingerprint density at radius 3 is 2.93 bits per heavy atom. The highest BCUT2D eigenvalue weighted by Crippen LogP contribution is 2.20. The number of carbonyl (C=O) groups is 1. The van der Waals surface area contributed by atoms with E-state index in [4.69, 9.17) is 0 Å². The maximum atomic E-state index is 10.5. The van der Waals surface area contributed by atoms with Gasteiger partial charge in [0.2, 0.25) is 0 Å². The molecule has 0 aliphatic heterocycles. The lowest BCUT2D eigenvalue weighted by Crippen LogP contribution is -1.98. The number of aromatic nitrogens is 1. The molecule has 1 heterocycles. The number of benzene rings is 1. The molecule has 0 saturated heterocycles. The van der Waals surface area contributed by atoms with Crippen molar-refractivity contribution < 1.29 is 4.79 Å². The highest BCUT2D eigenvalue weighted by atomic mass is 16.1. The lowest BCUT2D eigenvalue weighted by molar-refractivity contribution is -0.108. The summed E-state index contributed by atoms with van der Waals surface area (Å²) in [5.41, 5.74) is 2.50. The minimum Gasteiger partial charge on any atom is -0.340 e. The van der Waals surface area contributed by atoms with E-state index in [1.54, 1.807) is 0 Å². The van der Waals surface area contributed by atoms with E-state index in [9.17, 15) is 4.79 Å². The Morgan fingerprint density at radius 2 is 2.21 bits per heavy atom. The van der Waals surface area contributed by atoms with Crippen molar-refractivity contribution in [3.05, 3.63) is 36.0 Å². The van der Waals surface area contributed by atoms with Crippen molar-refractivity contribution in [2.75, 3.05) is 0 Å². The first-order valence-corrected chi connectivity index (χ1v) is 4.87. The van der Waals surface area contributed by atoms with Gasteiger partial charge in [-0.15, -0.1) is 0 Å². The van der Waals surface area contributed by atoms with Crippen molar-refractivity contribution in [1.82, 2.24) is 4.57 Å². The Labute approximate surface area is 83.2 Å². The summed E-state index contributed by atoms with van der Waals surface area (Å²) in [7, 11) is 0. The summed E-state index contributed by atoms with van der Waals surface area (Å²) >= 11 is 0. The minimum absolute atomic E-state index is 0.445. The number of hydrogen-bond donors (Lipinski definition) is 0. The maximum absolute atomic E-state index is 10.5. The molecule has 2 aromatic rings. The van der Waals surface area contributed by atoms with Gasteiger partial charge in [-0.2, -0.15) is 0 Å². The van der Waals surface area contributed by atoms with Crippen molar-refractivity contribution in [2.24, 2.45) is 0 Å². The van der Waals surface area contributed by atoms with E-state index >= 15 is 0 Å². The van der Waals surface area contributed by atoms with Gasteiger partial charge in [0.1, 0.15) is 6.29 Å². The molecule has 2 rings (SSSR count). The summed E-state index contributed by atoms with van der Waals surface area (Å²) in [4.78, 5) is 10.5. The van der Waals surface area contributed by atoms with E-state index in [1.807, 2.05) is 10.8 Å². The monoisotopic (exact) mass is 187 g/mol. The first-order chi connectivity index (χ1) is 6.86. The molecule has 0 radical (unpaired) electrons. The summed E-state index contributed by atoms with van der Waals surface area (Å²) in [6, 6.07) is 8.31. The van der Waals surface area contributed by atoms with Crippen LogP contribution in [0.5, 0.6) is 0 Å². The zero-order valence-corrected chi connectivity index (χ0v) is 8.23. The number of carbonyl (C=O) groups excluding carboxylic acids is 1. The minimum atomic E-state index is 0.445. The van der Waals surface area contributed by atoms with Gasteiger partial charge in [-0.1, -0.05) is 25.1 Å². The Balaban J connectivity index is 2.67. The quantitative estimate of drug-likeness (QED) is 0.676.